The maximum Gasteiger partial charge on any atom is 0.151 e. The number of nitrogen functional groups attached to an aromatic ring is 1. The van der Waals surface area contributed by atoms with Crippen LogP contribution < -0.4 is 5.73 Å². The number of hydrogen-bond acceptors (Lipinski definition) is 2. The van der Waals surface area contributed by atoms with Crippen LogP contribution in [0.1, 0.15) is 0 Å². The van der Waals surface area contributed by atoms with E-state index in [1.54, 1.807) is 4.68 Å². The zero-order valence-electron chi connectivity index (χ0n) is 7.74. The van der Waals surface area contributed by atoms with Gasteiger partial charge in [-0.25, -0.2) is 0 Å². The van der Waals surface area contributed by atoms with E-state index in [2.05, 4.69) is 21.0 Å². The molecule has 2 aromatic rings. The second-order valence-electron chi connectivity index (χ2n) is 3.04. The average Bonchev–Trinajstić information content (AvgIpc) is 2.43. The minimum absolute atomic E-state index is 0.679. The lowest BCUT2D eigenvalue weighted by Gasteiger charge is -2.02. The summed E-state index contributed by atoms with van der Waals surface area (Å²) in [6.07, 6.45) is 0. The molecule has 2 rings (SSSR count). The Hall–Kier alpha value is -1.29. The van der Waals surface area contributed by atoms with Crippen molar-refractivity contribution in [2.45, 2.75) is 0 Å². The van der Waals surface area contributed by atoms with Crippen molar-refractivity contribution in [3.05, 3.63) is 34.9 Å². The van der Waals surface area contributed by atoms with Crippen LogP contribution in [0.2, 0.25) is 0 Å². The molecular weight excluding hydrogens is 242 g/mol. The van der Waals surface area contributed by atoms with Gasteiger partial charge in [-0.05, 0) is 15.9 Å². The van der Waals surface area contributed by atoms with E-state index in [-0.39, 0.29) is 0 Å². The Morgan fingerprint density at radius 2 is 1.93 bits per heavy atom. The van der Waals surface area contributed by atoms with E-state index < -0.39 is 0 Å². The van der Waals surface area contributed by atoms with Crippen molar-refractivity contribution < 1.29 is 0 Å². The highest BCUT2D eigenvalue weighted by molar-refractivity contribution is 9.10. The molecule has 3 nitrogen and oxygen atoms in total. The molecule has 2 N–H and O–H groups in total. The summed E-state index contributed by atoms with van der Waals surface area (Å²) in [6, 6.07) is 9.97. The molecule has 1 aromatic carbocycles. The molecule has 1 aromatic heterocycles. The predicted molar refractivity (Wildman–Crippen MR) is 60.8 cm³/mol. The molecule has 0 saturated carbocycles. The number of benzene rings is 1. The van der Waals surface area contributed by atoms with Gasteiger partial charge < -0.3 is 5.73 Å². The maximum atomic E-state index is 5.91. The van der Waals surface area contributed by atoms with E-state index in [0.717, 1.165) is 11.3 Å². The molecule has 72 valence electrons. The van der Waals surface area contributed by atoms with Crippen LogP contribution in [-0.2, 0) is 7.05 Å². The minimum atomic E-state index is 0.679. The third kappa shape index (κ3) is 1.42. The molecule has 0 atom stereocenters. The fourth-order valence-corrected chi connectivity index (χ4v) is 1.87. The SMILES string of the molecule is Cn1nc(Br)c(N)c1-c1ccccc1. The van der Waals surface area contributed by atoms with E-state index in [1.165, 1.54) is 0 Å². The molecule has 1 heterocycles. The van der Waals surface area contributed by atoms with E-state index in [0.29, 0.717) is 10.3 Å². The monoisotopic (exact) mass is 251 g/mol. The molecule has 14 heavy (non-hydrogen) atoms. The van der Waals surface area contributed by atoms with Crippen LogP contribution in [-0.4, -0.2) is 9.78 Å². The summed E-state index contributed by atoms with van der Waals surface area (Å²) in [5.74, 6) is 0. The summed E-state index contributed by atoms with van der Waals surface area (Å²) in [6.45, 7) is 0. The van der Waals surface area contributed by atoms with Crippen molar-refractivity contribution in [1.82, 2.24) is 9.78 Å². The first kappa shape index (κ1) is 9.27. The predicted octanol–water partition coefficient (Wildman–Crippen LogP) is 2.43. The van der Waals surface area contributed by atoms with Gasteiger partial charge in [0.25, 0.3) is 0 Å². The number of aromatic nitrogens is 2. The van der Waals surface area contributed by atoms with E-state index in [9.17, 15) is 0 Å². The molecule has 0 radical (unpaired) electrons. The lowest BCUT2D eigenvalue weighted by Crippen LogP contribution is -1.95. The molecule has 0 fully saturated rings. The fraction of sp³-hybridized carbons (Fsp3) is 0.100. The number of nitrogens with two attached hydrogens (primary N) is 1. The third-order valence-corrected chi connectivity index (χ3v) is 2.67. The lowest BCUT2D eigenvalue weighted by atomic mass is 10.1. The van der Waals surface area contributed by atoms with Gasteiger partial charge in [0.05, 0.1) is 11.4 Å². The molecular formula is C10H10BrN3. The van der Waals surface area contributed by atoms with Gasteiger partial charge in [0.15, 0.2) is 4.60 Å². The largest absolute Gasteiger partial charge is 0.395 e. The Morgan fingerprint density at radius 3 is 2.43 bits per heavy atom. The van der Waals surface area contributed by atoms with Crippen molar-refractivity contribution in [2.24, 2.45) is 7.05 Å². The Balaban J connectivity index is 2.62. The normalized spacial score (nSPS) is 10.4. The van der Waals surface area contributed by atoms with E-state index in [4.69, 9.17) is 5.73 Å². The van der Waals surface area contributed by atoms with Gasteiger partial charge >= 0.3 is 0 Å². The average molecular weight is 252 g/mol. The quantitative estimate of drug-likeness (QED) is 0.847. The minimum Gasteiger partial charge on any atom is -0.395 e. The van der Waals surface area contributed by atoms with Crippen LogP contribution in [0.5, 0.6) is 0 Å². The van der Waals surface area contributed by atoms with Crippen LogP contribution in [0.3, 0.4) is 0 Å². The van der Waals surface area contributed by atoms with Gasteiger partial charge in [0, 0.05) is 12.6 Å². The summed E-state index contributed by atoms with van der Waals surface area (Å²) in [7, 11) is 1.88. The number of halogens is 1. The van der Waals surface area contributed by atoms with Crippen LogP contribution in [0.4, 0.5) is 5.69 Å². The van der Waals surface area contributed by atoms with Crippen LogP contribution in [0.15, 0.2) is 34.9 Å². The molecule has 0 aliphatic carbocycles. The van der Waals surface area contributed by atoms with Crippen molar-refractivity contribution in [3.63, 3.8) is 0 Å². The Labute approximate surface area is 90.7 Å². The van der Waals surface area contributed by atoms with Crippen LogP contribution in [0.25, 0.3) is 11.3 Å². The maximum absolute atomic E-state index is 5.91. The highest BCUT2D eigenvalue weighted by Gasteiger charge is 2.11. The summed E-state index contributed by atoms with van der Waals surface area (Å²) in [4.78, 5) is 0. The molecule has 0 aliphatic heterocycles. The zero-order chi connectivity index (χ0) is 10.1. The number of aryl methyl sites for hydroxylation is 1. The van der Waals surface area contributed by atoms with Gasteiger partial charge in [-0.3, -0.25) is 4.68 Å². The fourth-order valence-electron chi connectivity index (χ4n) is 1.45. The van der Waals surface area contributed by atoms with Crippen molar-refractivity contribution in [3.8, 4) is 11.3 Å². The topological polar surface area (TPSA) is 43.8 Å². The number of anilines is 1. The van der Waals surface area contributed by atoms with Crippen LogP contribution in [0, 0.1) is 0 Å². The summed E-state index contributed by atoms with van der Waals surface area (Å²) < 4.78 is 2.47. The first-order chi connectivity index (χ1) is 6.70. The molecule has 0 bridgehead atoms. The Kier molecular flexibility index (Phi) is 2.29. The van der Waals surface area contributed by atoms with Crippen LogP contribution >= 0.6 is 15.9 Å². The van der Waals surface area contributed by atoms with Gasteiger partial charge in [-0.15, -0.1) is 0 Å². The van der Waals surface area contributed by atoms with E-state index >= 15 is 0 Å². The summed E-state index contributed by atoms with van der Waals surface area (Å²) in [5, 5.41) is 4.20. The number of rotatable bonds is 1. The Bertz CT molecular complexity index is 448. The number of hydrogen-bond donors (Lipinski definition) is 1. The highest BCUT2D eigenvalue weighted by Crippen LogP contribution is 2.30. The van der Waals surface area contributed by atoms with Crippen molar-refractivity contribution in [2.75, 3.05) is 5.73 Å². The van der Waals surface area contributed by atoms with Gasteiger partial charge in [-0.1, -0.05) is 30.3 Å². The molecule has 0 aliphatic rings. The standard InChI is InChI=1S/C10H10BrN3/c1-14-9(8(12)10(11)13-14)7-5-3-2-4-6-7/h2-6H,12H2,1H3. The second kappa shape index (κ2) is 3.46. The Morgan fingerprint density at radius 1 is 1.29 bits per heavy atom. The third-order valence-electron chi connectivity index (χ3n) is 2.09. The summed E-state index contributed by atoms with van der Waals surface area (Å²) >= 11 is 3.31. The van der Waals surface area contributed by atoms with E-state index in [1.807, 2.05) is 37.4 Å². The summed E-state index contributed by atoms with van der Waals surface area (Å²) in [5.41, 5.74) is 8.60. The highest BCUT2D eigenvalue weighted by atomic mass is 79.9. The first-order valence-corrected chi connectivity index (χ1v) is 5.03. The second-order valence-corrected chi connectivity index (χ2v) is 3.79. The number of nitrogens with zero attached hydrogens (tertiary/aromatic N) is 2. The molecule has 4 heteroatoms. The lowest BCUT2D eigenvalue weighted by molar-refractivity contribution is 0.768. The van der Waals surface area contributed by atoms with Crippen molar-refractivity contribution >= 4 is 21.6 Å². The molecule has 0 amide bonds. The van der Waals surface area contributed by atoms with Gasteiger partial charge in [-0.2, -0.15) is 5.10 Å². The van der Waals surface area contributed by atoms with Gasteiger partial charge in [0.2, 0.25) is 0 Å². The smallest absolute Gasteiger partial charge is 0.151 e. The first-order valence-electron chi connectivity index (χ1n) is 4.23. The molecule has 0 saturated heterocycles. The molecule has 0 spiro atoms. The molecule has 0 unspecified atom stereocenters. The zero-order valence-corrected chi connectivity index (χ0v) is 9.32. The van der Waals surface area contributed by atoms with Gasteiger partial charge in [0.1, 0.15) is 0 Å². The van der Waals surface area contributed by atoms with Crippen molar-refractivity contribution in [1.29, 1.82) is 0 Å².